The molecule has 0 bridgehead atoms. The molecule has 2 fully saturated rings. The van der Waals surface area contributed by atoms with Gasteiger partial charge in [0.25, 0.3) is 5.91 Å². The maximum atomic E-state index is 12.7. The second-order valence-electron chi connectivity index (χ2n) is 6.72. The van der Waals surface area contributed by atoms with Gasteiger partial charge in [0.2, 0.25) is 11.7 Å². The van der Waals surface area contributed by atoms with Crippen molar-refractivity contribution in [3.8, 4) is 0 Å². The van der Waals surface area contributed by atoms with Crippen molar-refractivity contribution >= 4 is 11.8 Å². The van der Waals surface area contributed by atoms with E-state index in [0.717, 1.165) is 62.7 Å². The first-order chi connectivity index (χ1) is 10.7. The lowest BCUT2D eigenvalue weighted by atomic mass is 9.77. The Hall–Kier alpha value is -1.85. The normalized spacial score (nSPS) is 23.5. The molecule has 1 N–H and O–H groups in total. The van der Waals surface area contributed by atoms with Gasteiger partial charge in [0.15, 0.2) is 0 Å². The summed E-state index contributed by atoms with van der Waals surface area (Å²) in [6.07, 6.45) is 6.41. The molecule has 118 valence electrons. The van der Waals surface area contributed by atoms with E-state index in [2.05, 4.69) is 10.5 Å². The molecule has 0 radical (unpaired) electrons. The van der Waals surface area contributed by atoms with Crippen LogP contribution >= 0.6 is 0 Å². The zero-order valence-corrected chi connectivity index (χ0v) is 12.7. The Morgan fingerprint density at radius 3 is 2.68 bits per heavy atom. The van der Waals surface area contributed by atoms with Gasteiger partial charge in [-0.15, -0.1) is 0 Å². The average Bonchev–Trinajstić information content (AvgIpc) is 3.12. The fourth-order valence-electron chi connectivity index (χ4n) is 4.03. The van der Waals surface area contributed by atoms with Gasteiger partial charge >= 0.3 is 0 Å². The summed E-state index contributed by atoms with van der Waals surface area (Å²) < 4.78 is 5.35. The first-order valence-electron chi connectivity index (χ1n) is 8.25. The minimum atomic E-state index is -0.238. The Balaban J connectivity index is 1.48. The summed E-state index contributed by atoms with van der Waals surface area (Å²) in [5.74, 6) is 0.544. The first kappa shape index (κ1) is 13.8. The molecule has 22 heavy (non-hydrogen) atoms. The van der Waals surface area contributed by atoms with Crippen molar-refractivity contribution in [2.75, 3.05) is 19.6 Å². The molecule has 0 aromatic carbocycles. The van der Waals surface area contributed by atoms with Gasteiger partial charge in [0, 0.05) is 25.2 Å². The molecule has 6 nitrogen and oxygen atoms in total. The minimum absolute atomic E-state index is 0.0519. The van der Waals surface area contributed by atoms with Crippen molar-refractivity contribution in [1.29, 1.82) is 0 Å². The van der Waals surface area contributed by atoms with Crippen LogP contribution in [0.1, 0.15) is 53.9 Å². The molecule has 2 saturated heterocycles. The van der Waals surface area contributed by atoms with Crippen molar-refractivity contribution in [1.82, 2.24) is 15.4 Å². The minimum Gasteiger partial charge on any atom is -0.356 e. The number of fused-ring (bicyclic) bond motifs is 1. The zero-order valence-electron chi connectivity index (χ0n) is 12.7. The first-order valence-corrected chi connectivity index (χ1v) is 8.25. The van der Waals surface area contributed by atoms with Crippen LogP contribution in [-0.4, -0.2) is 41.5 Å². The summed E-state index contributed by atoms with van der Waals surface area (Å²) >= 11 is 0. The van der Waals surface area contributed by atoms with E-state index in [1.165, 1.54) is 0 Å². The number of hydrogen-bond donors (Lipinski definition) is 1. The number of likely N-dealkylation sites (tertiary alicyclic amines) is 1. The quantitative estimate of drug-likeness (QED) is 0.848. The highest BCUT2D eigenvalue weighted by atomic mass is 16.5. The number of aryl methyl sites for hydroxylation is 1. The Kier molecular flexibility index (Phi) is 3.20. The molecule has 2 amide bonds. The summed E-state index contributed by atoms with van der Waals surface area (Å²) in [4.78, 5) is 26.5. The molecule has 3 aliphatic rings. The third-order valence-corrected chi connectivity index (χ3v) is 5.53. The average molecular weight is 303 g/mol. The van der Waals surface area contributed by atoms with Crippen molar-refractivity contribution < 1.29 is 14.1 Å². The van der Waals surface area contributed by atoms with Crippen LogP contribution in [0.2, 0.25) is 0 Å². The van der Waals surface area contributed by atoms with Crippen molar-refractivity contribution in [3.05, 3.63) is 17.0 Å². The van der Waals surface area contributed by atoms with E-state index < -0.39 is 0 Å². The SMILES string of the molecule is O=C(c1onc2c1CCCC2)N1CCC2(CCNC2=O)CC1. The van der Waals surface area contributed by atoms with Gasteiger partial charge in [-0.25, -0.2) is 0 Å². The molecule has 0 saturated carbocycles. The van der Waals surface area contributed by atoms with E-state index in [0.29, 0.717) is 18.8 Å². The second-order valence-corrected chi connectivity index (χ2v) is 6.72. The van der Waals surface area contributed by atoms with E-state index in [4.69, 9.17) is 4.52 Å². The Morgan fingerprint density at radius 2 is 1.95 bits per heavy atom. The third kappa shape index (κ3) is 2.04. The maximum absolute atomic E-state index is 12.7. The van der Waals surface area contributed by atoms with Crippen molar-refractivity contribution in [2.24, 2.45) is 5.41 Å². The maximum Gasteiger partial charge on any atom is 0.292 e. The van der Waals surface area contributed by atoms with Gasteiger partial charge in [0.05, 0.1) is 11.1 Å². The van der Waals surface area contributed by atoms with E-state index in [1.54, 1.807) is 0 Å². The largest absolute Gasteiger partial charge is 0.356 e. The van der Waals surface area contributed by atoms with Crippen LogP contribution in [0.25, 0.3) is 0 Å². The van der Waals surface area contributed by atoms with Gasteiger partial charge in [-0.1, -0.05) is 5.16 Å². The zero-order chi connectivity index (χ0) is 15.2. The van der Waals surface area contributed by atoms with E-state index in [-0.39, 0.29) is 17.2 Å². The predicted molar refractivity (Wildman–Crippen MR) is 78.3 cm³/mol. The van der Waals surface area contributed by atoms with Crippen molar-refractivity contribution in [2.45, 2.75) is 44.9 Å². The molecule has 6 heteroatoms. The highest BCUT2D eigenvalue weighted by molar-refractivity contribution is 5.93. The van der Waals surface area contributed by atoms with Gasteiger partial charge in [-0.2, -0.15) is 0 Å². The van der Waals surface area contributed by atoms with Gasteiger partial charge in [-0.3, -0.25) is 9.59 Å². The molecule has 1 aromatic heterocycles. The number of rotatable bonds is 1. The van der Waals surface area contributed by atoms with Gasteiger partial charge in [-0.05, 0) is 44.9 Å². The highest BCUT2D eigenvalue weighted by Crippen LogP contribution is 2.38. The van der Waals surface area contributed by atoms with Crippen LogP contribution in [0, 0.1) is 5.41 Å². The fourth-order valence-corrected chi connectivity index (χ4v) is 4.03. The lowest BCUT2D eigenvalue weighted by Crippen LogP contribution is -2.46. The highest BCUT2D eigenvalue weighted by Gasteiger charge is 2.45. The Morgan fingerprint density at radius 1 is 1.18 bits per heavy atom. The lowest BCUT2D eigenvalue weighted by molar-refractivity contribution is -0.129. The lowest BCUT2D eigenvalue weighted by Gasteiger charge is -2.37. The number of piperidine rings is 1. The van der Waals surface area contributed by atoms with Gasteiger partial charge < -0.3 is 14.7 Å². The number of amides is 2. The molecule has 2 aliphatic heterocycles. The van der Waals surface area contributed by atoms with Crippen LogP contribution < -0.4 is 5.32 Å². The molecule has 4 rings (SSSR count). The molecule has 0 unspecified atom stereocenters. The van der Waals surface area contributed by atoms with E-state index in [9.17, 15) is 9.59 Å². The van der Waals surface area contributed by atoms with Crippen molar-refractivity contribution in [3.63, 3.8) is 0 Å². The second kappa shape index (κ2) is 5.11. The monoisotopic (exact) mass is 303 g/mol. The van der Waals surface area contributed by atoms with Crippen LogP contribution in [-0.2, 0) is 17.6 Å². The summed E-state index contributed by atoms with van der Waals surface area (Å²) in [7, 11) is 0. The van der Waals surface area contributed by atoms with E-state index in [1.807, 2.05) is 4.90 Å². The van der Waals surface area contributed by atoms with Crippen LogP contribution in [0.3, 0.4) is 0 Å². The number of nitrogens with zero attached hydrogens (tertiary/aromatic N) is 2. The summed E-state index contributed by atoms with van der Waals surface area (Å²) in [5.41, 5.74) is 1.73. The molecular weight excluding hydrogens is 282 g/mol. The number of hydrogen-bond acceptors (Lipinski definition) is 4. The van der Waals surface area contributed by atoms with Crippen LogP contribution in [0.5, 0.6) is 0 Å². The van der Waals surface area contributed by atoms with Crippen LogP contribution in [0.4, 0.5) is 0 Å². The van der Waals surface area contributed by atoms with E-state index >= 15 is 0 Å². The fraction of sp³-hybridized carbons (Fsp3) is 0.688. The van der Waals surface area contributed by atoms with Gasteiger partial charge in [0.1, 0.15) is 0 Å². The number of carbonyl (C=O) groups is 2. The molecule has 1 aromatic rings. The molecular formula is C16H21N3O3. The summed E-state index contributed by atoms with van der Waals surface area (Å²) in [6, 6.07) is 0. The third-order valence-electron chi connectivity index (χ3n) is 5.53. The molecule has 0 atom stereocenters. The molecule has 1 aliphatic carbocycles. The predicted octanol–water partition coefficient (Wildman–Crippen LogP) is 1.30. The van der Waals surface area contributed by atoms with Crippen LogP contribution in [0.15, 0.2) is 4.52 Å². The number of nitrogens with one attached hydrogen (secondary N) is 1. The topological polar surface area (TPSA) is 75.4 Å². The number of carbonyl (C=O) groups excluding carboxylic acids is 2. The number of aromatic nitrogens is 1. The summed E-state index contributed by atoms with van der Waals surface area (Å²) in [6.45, 7) is 2.02. The smallest absolute Gasteiger partial charge is 0.292 e. The Labute approximate surface area is 129 Å². The summed E-state index contributed by atoms with van der Waals surface area (Å²) in [5, 5.41) is 6.99. The molecule has 1 spiro atoms. The Bertz CT molecular complexity index is 614. The molecule has 3 heterocycles. The standard InChI is InChI=1S/C16H21N3O3/c20-14(13-11-3-1-2-4-12(11)18-22-13)19-9-6-16(7-10-19)5-8-17-15(16)21/h1-10H2,(H,17,21).